The van der Waals surface area contributed by atoms with Crippen molar-refractivity contribution in [1.82, 2.24) is 5.32 Å². The highest BCUT2D eigenvalue weighted by Gasteiger charge is 2.23. The summed E-state index contributed by atoms with van der Waals surface area (Å²) in [5.74, 6) is -4.71. The SMILES string of the molecule is COC(=O)/C=C(/Cc1cc(F)c(F)cc1F)NC(=O)C(C)(C)C. The van der Waals surface area contributed by atoms with Crippen LogP contribution in [0.15, 0.2) is 23.9 Å². The molecule has 126 valence electrons. The van der Waals surface area contributed by atoms with E-state index in [0.717, 1.165) is 13.2 Å². The van der Waals surface area contributed by atoms with E-state index in [4.69, 9.17) is 0 Å². The molecule has 0 unspecified atom stereocenters. The molecular formula is C16H18F3NO3. The van der Waals surface area contributed by atoms with Crippen LogP contribution in [0.2, 0.25) is 0 Å². The molecular weight excluding hydrogens is 311 g/mol. The van der Waals surface area contributed by atoms with Gasteiger partial charge in [0.2, 0.25) is 5.91 Å². The van der Waals surface area contributed by atoms with E-state index in [1.54, 1.807) is 20.8 Å². The van der Waals surface area contributed by atoms with E-state index >= 15 is 0 Å². The van der Waals surface area contributed by atoms with Gasteiger partial charge in [-0.3, -0.25) is 4.79 Å². The van der Waals surface area contributed by atoms with Gasteiger partial charge in [-0.25, -0.2) is 18.0 Å². The van der Waals surface area contributed by atoms with E-state index in [1.165, 1.54) is 0 Å². The lowest BCUT2D eigenvalue weighted by molar-refractivity contribution is -0.134. The largest absolute Gasteiger partial charge is 0.466 e. The van der Waals surface area contributed by atoms with Crippen molar-refractivity contribution < 1.29 is 27.5 Å². The molecule has 1 amide bonds. The third-order valence-corrected chi connectivity index (χ3v) is 2.92. The second-order valence-electron chi connectivity index (χ2n) is 5.93. The van der Waals surface area contributed by atoms with E-state index in [0.29, 0.717) is 12.1 Å². The minimum absolute atomic E-state index is 0.0154. The van der Waals surface area contributed by atoms with Crippen LogP contribution >= 0.6 is 0 Å². The van der Waals surface area contributed by atoms with Crippen LogP contribution in [-0.2, 0) is 20.7 Å². The molecule has 1 aromatic rings. The van der Waals surface area contributed by atoms with Crippen molar-refractivity contribution in [2.45, 2.75) is 27.2 Å². The van der Waals surface area contributed by atoms with Gasteiger partial charge in [-0.2, -0.15) is 0 Å². The van der Waals surface area contributed by atoms with Gasteiger partial charge >= 0.3 is 5.97 Å². The Balaban J connectivity index is 3.12. The van der Waals surface area contributed by atoms with Gasteiger partial charge in [0.05, 0.1) is 7.11 Å². The summed E-state index contributed by atoms with van der Waals surface area (Å²) >= 11 is 0. The number of ether oxygens (including phenoxy) is 1. The zero-order valence-electron chi connectivity index (χ0n) is 13.3. The maximum atomic E-state index is 13.7. The summed E-state index contributed by atoms with van der Waals surface area (Å²) in [6.45, 7) is 4.95. The number of benzene rings is 1. The fourth-order valence-corrected chi connectivity index (χ4v) is 1.57. The summed E-state index contributed by atoms with van der Waals surface area (Å²) in [4.78, 5) is 23.4. The Bertz CT molecular complexity index is 649. The quantitative estimate of drug-likeness (QED) is 0.525. The fraction of sp³-hybridized carbons (Fsp3) is 0.375. The van der Waals surface area contributed by atoms with Gasteiger partial charge < -0.3 is 10.1 Å². The molecule has 0 heterocycles. The van der Waals surface area contributed by atoms with Crippen LogP contribution in [0.3, 0.4) is 0 Å². The fourth-order valence-electron chi connectivity index (χ4n) is 1.57. The Morgan fingerprint density at radius 1 is 1.13 bits per heavy atom. The summed E-state index contributed by atoms with van der Waals surface area (Å²) < 4.78 is 44.4. The van der Waals surface area contributed by atoms with Crippen molar-refractivity contribution in [3.8, 4) is 0 Å². The highest BCUT2D eigenvalue weighted by molar-refractivity contribution is 5.87. The summed E-state index contributed by atoms with van der Waals surface area (Å²) in [6.07, 6.45) is 0.657. The molecule has 0 atom stereocenters. The first-order valence-electron chi connectivity index (χ1n) is 6.78. The van der Waals surface area contributed by atoms with Crippen molar-refractivity contribution in [1.29, 1.82) is 0 Å². The van der Waals surface area contributed by atoms with Crippen LogP contribution in [0.25, 0.3) is 0 Å². The van der Waals surface area contributed by atoms with Crippen LogP contribution in [0.1, 0.15) is 26.3 Å². The van der Waals surface area contributed by atoms with Crippen molar-refractivity contribution in [3.05, 3.63) is 46.9 Å². The summed E-state index contributed by atoms with van der Waals surface area (Å²) in [5, 5.41) is 2.47. The molecule has 1 aromatic carbocycles. The first-order chi connectivity index (χ1) is 10.5. The van der Waals surface area contributed by atoms with Gasteiger partial charge in [-0.1, -0.05) is 20.8 Å². The van der Waals surface area contributed by atoms with E-state index < -0.39 is 34.7 Å². The minimum Gasteiger partial charge on any atom is -0.466 e. The predicted molar refractivity (Wildman–Crippen MR) is 77.7 cm³/mol. The topological polar surface area (TPSA) is 55.4 Å². The maximum Gasteiger partial charge on any atom is 0.332 e. The van der Waals surface area contributed by atoms with Crippen LogP contribution in [0.5, 0.6) is 0 Å². The maximum absolute atomic E-state index is 13.7. The normalized spacial score (nSPS) is 12.0. The van der Waals surface area contributed by atoms with E-state index in [2.05, 4.69) is 10.1 Å². The molecule has 0 spiro atoms. The average molecular weight is 329 g/mol. The van der Waals surface area contributed by atoms with E-state index in [1.807, 2.05) is 0 Å². The molecule has 23 heavy (non-hydrogen) atoms. The number of hydrogen-bond acceptors (Lipinski definition) is 3. The van der Waals surface area contributed by atoms with Gasteiger partial charge in [0.15, 0.2) is 11.6 Å². The van der Waals surface area contributed by atoms with E-state index in [9.17, 15) is 22.8 Å². The monoisotopic (exact) mass is 329 g/mol. The molecule has 0 saturated heterocycles. The Morgan fingerprint density at radius 2 is 1.70 bits per heavy atom. The molecule has 0 aromatic heterocycles. The molecule has 1 N–H and O–H groups in total. The predicted octanol–water partition coefficient (Wildman–Crippen LogP) is 2.87. The van der Waals surface area contributed by atoms with Crippen molar-refractivity contribution >= 4 is 11.9 Å². The molecule has 4 nitrogen and oxygen atoms in total. The third-order valence-electron chi connectivity index (χ3n) is 2.92. The lowest BCUT2D eigenvalue weighted by atomic mass is 9.95. The van der Waals surface area contributed by atoms with Gasteiger partial charge in [-0.15, -0.1) is 0 Å². The van der Waals surface area contributed by atoms with Crippen molar-refractivity contribution in [2.75, 3.05) is 7.11 Å². The molecule has 0 aliphatic carbocycles. The standard InChI is InChI=1S/C16H18F3NO3/c1-16(2,3)15(22)20-10(7-14(21)23-4)5-9-6-12(18)13(19)8-11(9)17/h6-8H,5H2,1-4H3,(H,20,22)/b10-7-. The van der Waals surface area contributed by atoms with Crippen molar-refractivity contribution in [2.24, 2.45) is 5.41 Å². The van der Waals surface area contributed by atoms with Gasteiger partial charge in [0.1, 0.15) is 5.82 Å². The van der Waals surface area contributed by atoms with Gasteiger partial charge in [-0.05, 0) is 11.6 Å². The number of hydrogen-bond donors (Lipinski definition) is 1. The summed E-state index contributed by atoms with van der Waals surface area (Å²) in [7, 11) is 1.14. The van der Waals surface area contributed by atoms with Gasteiger partial charge in [0, 0.05) is 29.7 Å². The lowest BCUT2D eigenvalue weighted by Gasteiger charge is -2.19. The number of esters is 1. The Kier molecular flexibility index (Phi) is 5.95. The third kappa shape index (κ3) is 5.43. The average Bonchev–Trinajstić information content (AvgIpc) is 2.43. The molecule has 0 aliphatic heterocycles. The van der Waals surface area contributed by atoms with Crippen molar-refractivity contribution in [3.63, 3.8) is 0 Å². The Hall–Kier alpha value is -2.31. The van der Waals surface area contributed by atoms with E-state index in [-0.39, 0.29) is 17.7 Å². The zero-order chi connectivity index (χ0) is 17.8. The number of amides is 1. The Morgan fingerprint density at radius 3 is 2.22 bits per heavy atom. The second kappa shape index (κ2) is 7.30. The number of halogens is 3. The highest BCUT2D eigenvalue weighted by atomic mass is 19.2. The van der Waals surface area contributed by atoms with Crippen LogP contribution in [-0.4, -0.2) is 19.0 Å². The highest BCUT2D eigenvalue weighted by Crippen LogP contribution is 2.18. The van der Waals surface area contributed by atoms with Crippen LogP contribution in [0, 0.1) is 22.9 Å². The zero-order valence-corrected chi connectivity index (χ0v) is 13.3. The number of nitrogens with one attached hydrogen (secondary N) is 1. The first kappa shape index (κ1) is 18.7. The first-order valence-corrected chi connectivity index (χ1v) is 6.78. The molecule has 0 radical (unpaired) electrons. The summed E-state index contributed by atoms with van der Waals surface area (Å²) in [5.41, 5.74) is -0.947. The number of carbonyl (C=O) groups excluding carboxylic acids is 2. The molecule has 0 aliphatic rings. The smallest absolute Gasteiger partial charge is 0.332 e. The van der Waals surface area contributed by atoms with Gasteiger partial charge in [0.25, 0.3) is 0 Å². The number of rotatable bonds is 4. The Labute approximate surface area is 132 Å². The molecule has 1 rings (SSSR count). The second-order valence-corrected chi connectivity index (χ2v) is 5.93. The number of carbonyl (C=O) groups is 2. The molecule has 0 bridgehead atoms. The minimum atomic E-state index is -1.32. The molecule has 0 saturated carbocycles. The molecule has 7 heteroatoms. The summed E-state index contributed by atoms with van der Waals surface area (Å²) in [6, 6.07) is 1.09. The lowest BCUT2D eigenvalue weighted by Crippen LogP contribution is -2.35. The molecule has 0 fully saturated rings. The van der Waals surface area contributed by atoms with Crippen LogP contribution in [0.4, 0.5) is 13.2 Å². The van der Waals surface area contributed by atoms with Crippen LogP contribution < -0.4 is 5.32 Å². The number of methoxy groups -OCH3 is 1. The number of allylic oxidation sites excluding steroid dienone is 1.